The number of fused-ring (bicyclic) bond motifs is 2. The molecule has 1 spiro atoms. The van der Waals surface area contributed by atoms with Gasteiger partial charge in [-0.15, -0.1) is 0 Å². The van der Waals surface area contributed by atoms with Crippen molar-refractivity contribution in [2.24, 2.45) is 5.41 Å². The number of benzene rings is 2. The summed E-state index contributed by atoms with van der Waals surface area (Å²) in [4.78, 5) is 28.1. The van der Waals surface area contributed by atoms with Crippen LogP contribution in [0.25, 0.3) is 0 Å². The van der Waals surface area contributed by atoms with E-state index in [-0.39, 0.29) is 40.0 Å². The average molecular weight is 563 g/mol. The Morgan fingerprint density at radius 3 is 2.55 bits per heavy atom. The van der Waals surface area contributed by atoms with E-state index in [0.29, 0.717) is 48.4 Å². The quantitative estimate of drug-likeness (QED) is 0.407. The Labute approximate surface area is 232 Å². The zero-order valence-electron chi connectivity index (χ0n) is 21.8. The highest BCUT2D eigenvalue weighted by atomic mass is 35.5. The normalized spacial score (nSPS) is 30.8. The number of amides is 2. The second-order valence-electron chi connectivity index (χ2n) is 12.1. The van der Waals surface area contributed by atoms with Crippen molar-refractivity contribution in [3.8, 4) is 0 Å². The molecule has 2 aromatic rings. The van der Waals surface area contributed by atoms with E-state index in [1.807, 2.05) is 6.07 Å². The van der Waals surface area contributed by atoms with Crippen molar-refractivity contribution in [1.82, 2.24) is 10.6 Å². The van der Waals surface area contributed by atoms with E-state index < -0.39 is 29.2 Å². The number of carbonyl (C=O) groups excluding carboxylic acids is 2. The molecule has 1 saturated heterocycles. The van der Waals surface area contributed by atoms with Gasteiger partial charge in [0, 0.05) is 28.7 Å². The predicted octanol–water partition coefficient (Wildman–Crippen LogP) is 5.30. The van der Waals surface area contributed by atoms with E-state index >= 15 is 4.39 Å². The molecular weight excluding hydrogens is 528 g/mol. The first-order valence-electron chi connectivity index (χ1n) is 13.2. The fraction of sp³-hybridized carbons (Fsp3) is 0.517. The fourth-order valence-corrected chi connectivity index (χ4v) is 7.02. The molecule has 2 heterocycles. The van der Waals surface area contributed by atoms with Gasteiger partial charge in [0.15, 0.2) is 0 Å². The minimum atomic E-state index is -1.27. The van der Waals surface area contributed by atoms with E-state index in [9.17, 15) is 14.7 Å². The molecule has 2 amide bonds. The SMILES string of the molecule is CC(C)(C)C[C@@H]1N[C@@H](C(=O)NC2CCC(O)CC2)[C@H](c2cccc(Cl)c2F)C12C(=O)Nc1cc(Cl)ccc12. The third kappa shape index (κ3) is 4.72. The van der Waals surface area contributed by atoms with Crippen LogP contribution in [0.4, 0.5) is 10.1 Å². The highest BCUT2D eigenvalue weighted by Gasteiger charge is 2.66. The van der Waals surface area contributed by atoms with Gasteiger partial charge in [-0.3, -0.25) is 9.59 Å². The largest absolute Gasteiger partial charge is 0.393 e. The Hall–Kier alpha value is -2.19. The lowest BCUT2D eigenvalue weighted by Gasteiger charge is -2.38. The number of hydrogen-bond acceptors (Lipinski definition) is 4. The van der Waals surface area contributed by atoms with Gasteiger partial charge in [0.2, 0.25) is 11.8 Å². The van der Waals surface area contributed by atoms with Crippen molar-refractivity contribution in [3.05, 3.63) is 63.4 Å². The molecule has 0 aromatic heterocycles. The lowest BCUT2D eigenvalue weighted by molar-refractivity contribution is -0.124. The summed E-state index contributed by atoms with van der Waals surface area (Å²) < 4.78 is 15.8. The molecule has 4 N–H and O–H groups in total. The van der Waals surface area contributed by atoms with Gasteiger partial charge in [-0.05, 0) is 66.8 Å². The number of aliphatic hydroxyl groups excluding tert-OH is 1. The van der Waals surface area contributed by atoms with Crippen LogP contribution in [0.1, 0.15) is 69.9 Å². The van der Waals surface area contributed by atoms with Gasteiger partial charge in [0.1, 0.15) is 11.2 Å². The Morgan fingerprint density at radius 1 is 1.16 bits per heavy atom. The number of halogens is 3. The first-order valence-corrected chi connectivity index (χ1v) is 14.0. The third-order valence-electron chi connectivity index (χ3n) is 8.26. The summed E-state index contributed by atoms with van der Waals surface area (Å²) in [5.74, 6) is -2.09. The van der Waals surface area contributed by atoms with Gasteiger partial charge in [-0.1, -0.05) is 62.2 Å². The molecule has 0 bridgehead atoms. The van der Waals surface area contributed by atoms with Gasteiger partial charge in [-0.2, -0.15) is 0 Å². The lowest BCUT2D eigenvalue weighted by Crippen LogP contribution is -2.50. The van der Waals surface area contributed by atoms with Crippen LogP contribution in [0, 0.1) is 11.2 Å². The zero-order chi connectivity index (χ0) is 27.4. The van der Waals surface area contributed by atoms with Crippen LogP contribution in [0.5, 0.6) is 0 Å². The lowest BCUT2D eigenvalue weighted by atomic mass is 9.62. The minimum absolute atomic E-state index is 0.0629. The summed E-state index contributed by atoms with van der Waals surface area (Å²) in [6.45, 7) is 6.23. The molecule has 4 atom stereocenters. The molecule has 0 radical (unpaired) electrons. The van der Waals surface area contributed by atoms with Gasteiger partial charge >= 0.3 is 0 Å². The summed E-state index contributed by atoms with van der Waals surface area (Å²) >= 11 is 12.5. The van der Waals surface area contributed by atoms with Crippen LogP contribution in [0.2, 0.25) is 10.0 Å². The smallest absolute Gasteiger partial charge is 0.238 e. The monoisotopic (exact) mass is 561 g/mol. The predicted molar refractivity (Wildman–Crippen MR) is 147 cm³/mol. The Balaban J connectivity index is 1.67. The van der Waals surface area contributed by atoms with Gasteiger partial charge in [0.25, 0.3) is 0 Å². The molecule has 9 heteroatoms. The number of nitrogens with one attached hydrogen (secondary N) is 3. The van der Waals surface area contributed by atoms with Crippen molar-refractivity contribution in [2.75, 3.05) is 5.32 Å². The maximum absolute atomic E-state index is 15.8. The molecule has 2 aliphatic heterocycles. The number of carbonyl (C=O) groups is 2. The number of hydrogen-bond donors (Lipinski definition) is 4. The average Bonchev–Trinajstić information content (AvgIpc) is 3.31. The maximum Gasteiger partial charge on any atom is 0.238 e. The Kier molecular flexibility index (Phi) is 7.27. The second-order valence-corrected chi connectivity index (χ2v) is 13.0. The van der Waals surface area contributed by atoms with Crippen LogP contribution < -0.4 is 16.0 Å². The van der Waals surface area contributed by atoms with Crippen molar-refractivity contribution in [1.29, 1.82) is 0 Å². The third-order valence-corrected chi connectivity index (χ3v) is 8.79. The number of aliphatic hydroxyl groups is 1. The first-order chi connectivity index (χ1) is 17.9. The summed E-state index contributed by atoms with van der Waals surface area (Å²) in [5, 5.41) is 19.9. The van der Waals surface area contributed by atoms with Crippen molar-refractivity contribution < 1.29 is 19.1 Å². The molecule has 1 saturated carbocycles. The van der Waals surface area contributed by atoms with Gasteiger partial charge < -0.3 is 21.1 Å². The number of rotatable bonds is 4. The van der Waals surface area contributed by atoms with E-state index in [0.717, 1.165) is 0 Å². The fourth-order valence-electron chi connectivity index (χ4n) is 6.66. The summed E-state index contributed by atoms with van der Waals surface area (Å²) in [6, 6.07) is 8.50. The molecule has 1 unspecified atom stereocenters. The molecule has 2 aromatic carbocycles. The van der Waals surface area contributed by atoms with Crippen LogP contribution in [-0.4, -0.2) is 41.2 Å². The van der Waals surface area contributed by atoms with Crippen LogP contribution in [0.15, 0.2) is 36.4 Å². The summed E-state index contributed by atoms with van der Waals surface area (Å²) in [5.41, 5.74) is -0.00278. The highest BCUT2D eigenvalue weighted by Crippen LogP contribution is 2.57. The van der Waals surface area contributed by atoms with E-state index in [4.69, 9.17) is 23.2 Å². The second kappa shape index (κ2) is 10.1. The topological polar surface area (TPSA) is 90.5 Å². The highest BCUT2D eigenvalue weighted by molar-refractivity contribution is 6.31. The van der Waals surface area contributed by atoms with Gasteiger partial charge in [0.05, 0.1) is 17.2 Å². The summed E-state index contributed by atoms with van der Waals surface area (Å²) in [6.07, 6.45) is 2.75. The Bertz CT molecular complexity index is 1260. The van der Waals surface area contributed by atoms with Crippen molar-refractivity contribution in [3.63, 3.8) is 0 Å². The molecule has 38 heavy (non-hydrogen) atoms. The van der Waals surface area contributed by atoms with E-state index in [1.54, 1.807) is 24.3 Å². The molecule has 1 aliphatic carbocycles. The molecule has 2 fully saturated rings. The Morgan fingerprint density at radius 2 is 1.87 bits per heavy atom. The molecular formula is C29H34Cl2FN3O3. The van der Waals surface area contributed by atoms with Crippen molar-refractivity contribution in [2.45, 2.75) is 88.4 Å². The van der Waals surface area contributed by atoms with Crippen LogP contribution in [0.3, 0.4) is 0 Å². The minimum Gasteiger partial charge on any atom is -0.393 e. The van der Waals surface area contributed by atoms with Crippen molar-refractivity contribution >= 4 is 40.7 Å². The first kappa shape index (κ1) is 27.4. The molecule has 3 aliphatic rings. The standard InChI is InChI=1S/C29H34Cl2FN3O3/c1-28(2,3)14-22-29(19-12-7-15(30)13-21(19)34-27(29)38)23(18-5-4-6-20(31)24(18)32)25(35-22)26(37)33-16-8-10-17(36)11-9-16/h4-7,12-13,16-17,22-23,25,35-36H,8-11,14H2,1-3H3,(H,33,37)(H,34,38)/t16?,17?,22-,23-,25+,29?/m0/s1. The van der Waals surface area contributed by atoms with E-state index in [1.165, 1.54) is 6.07 Å². The molecule has 204 valence electrons. The molecule has 5 rings (SSSR count). The van der Waals surface area contributed by atoms with E-state index in [2.05, 4.69) is 36.7 Å². The zero-order valence-corrected chi connectivity index (χ0v) is 23.3. The number of anilines is 1. The maximum atomic E-state index is 15.8. The molecule has 6 nitrogen and oxygen atoms in total. The van der Waals surface area contributed by atoms with Crippen LogP contribution in [-0.2, 0) is 15.0 Å². The van der Waals surface area contributed by atoms with Crippen LogP contribution >= 0.6 is 23.2 Å². The van der Waals surface area contributed by atoms with Gasteiger partial charge in [-0.25, -0.2) is 4.39 Å². The summed E-state index contributed by atoms with van der Waals surface area (Å²) in [7, 11) is 0.